The molecule has 2 aromatic heterocycles. The van der Waals surface area contributed by atoms with E-state index in [0.29, 0.717) is 28.1 Å². The first kappa shape index (κ1) is 27.8. The molecule has 2 heterocycles. The maximum Gasteiger partial charge on any atom is 0.0366 e. The van der Waals surface area contributed by atoms with Crippen molar-refractivity contribution in [1.29, 1.82) is 0 Å². The van der Waals surface area contributed by atoms with E-state index in [0.717, 1.165) is 27.8 Å². The third-order valence-corrected chi connectivity index (χ3v) is 7.62. The minimum absolute atomic E-state index is 0. The quantitative estimate of drug-likeness (QED) is 0.150. The Morgan fingerprint density at radius 2 is 1.20 bits per heavy atom. The molecule has 0 saturated heterocycles. The molecule has 0 bridgehead atoms. The van der Waals surface area contributed by atoms with Gasteiger partial charge in [-0.2, -0.15) is 0 Å². The molecule has 7 aromatic rings. The van der Waals surface area contributed by atoms with Crippen LogP contribution < -0.4 is 0 Å². The summed E-state index contributed by atoms with van der Waals surface area (Å²) in [6.45, 7) is 2.85. The molecule has 5 aromatic carbocycles. The van der Waals surface area contributed by atoms with Gasteiger partial charge in [-0.3, -0.25) is 0 Å². The van der Waals surface area contributed by atoms with Crippen molar-refractivity contribution in [1.82, 2.24) is 9.97 Å². The fraction of sp³-hybridized carbons (Fsp3) is 0.149. The van der Waals surface area contributed by atoms with E-state index in [2.05, 4.69) is 35.3 Å². The van der Waals surface area contributed by atoms with Gasteiger partial charge in [-0.25, -0.2) is 0 Å². The maximum atomic E-state index is 9.06. The van der Waals surface area contributed by atoms with Crippen LogP contribution in [0.25, 0.3) is 44.8 Å². The molecule has 0 saturated carbocycles. The number of hydrogen-bond acceptors (Lipinski definition) is 2. The van der Waals surface area contributed by atoms with Crippen LogP contribution in [0.2, 0.25) is 0 Å². The molecule has 0 amide bonds. The zero-order chi connectivity index (χ0) is 40.1. The average Bonchev–Trinajstić information content (AvgIpc) is 3.21. The maximum absolute atomic E-state index is 9.06. The summed E-state index contributed by atoms with van der Waals surface area (Å²) in [7, 11) is 0. The van der Waals surface area contributed by atoms with E-state index in [4.69, 9.17) is 14.6 Å². The van der Waals surface area contributed by atoms with Crippen LogP contribution in [0.4, 0.5) is 0 Å². The van der Waals surface area contributed by atoms with Gasteiger partial charge < -0.3 is 9.97 Å². The van der Waals surface area contributed by atoms with Gasteiger partial charge in [-0.1, -0.05) is 129 Å². The van der Waals surface area contributed by atoms with Crippen molar-refractivity contribution in [3.8, 4) is 44.8 Å². The average molecular weight is 834 g/mol. The Bertz CT molecular complexity index is 2380. The van der Waals surface area contributed by atoms with Crippen LogP contribution in [0.5, 0.6) is 0 Å². The van der Waals surface area contributed by atoms with Crippen LogP contribution in [-0.4, -0.2) is 9.97 Å². The first-order valence-electron chi connectivity index (χ1n) is 19.7. The topological polar surface area (TPSA) is 25.8 Å². The van der Waals surface area contributed by atoms with Gasteiger partial charge in [-0.15, -0.1) is 71.3 Å². The summed E-state index contributed by atoms with van der Waals surface area (Å²) in [6, 6.07) is 52.3. The Kier molecular flexibility index (Phi) is 9.53. The minimum atomic E-state index is -2.42. The first-order chi connectivity index (χ1) is 26.6. The number of nitrogens with zero attached hydrogens (tertiary/aromatic N) is 2. The number of aromatic nitrogens is 2. The van der Waals surface area contributed by atoms with Gasteiger partial charge in [0, 0.05) is 47.7 Å². The number of aryl methyl sites for hydroxylation is 1. The van der Waals surface area contributed by atoms with E-state index in [1.165, 1.54) is 6.20 Å². The van der Waals surface area contributed by atoms with Crippen LogP contribution in [0.3, 0.4) is 0 Å². The third kappa shape index (κ3) is 9.82. The van der Waals surface area contributed by atoms with Crippen molar-refractivity contribution < 1.29 is 29.7 Å². The number of rotatable bonds is 7. The Morgan fingerprint density at radius 1 is 0.600 bits per heavy atom. The summed E-state index contributed by atoms with van der Waals surface area (Å²) in [6.07, 6.45) is -0.462. The van der Waals surface area contributed by atoms with Crippen molar-refractivity contribution >= 4 is 0 Å². The summed E-state index contributed by atoms with van der Waals surface area (Å²) in [4.78, 5) is 8.94. The van der Waals surface area contributed by atoms with Gasteiger partial charge in [0.25, 0.3) is 0 Å². The molecule has 1 radical (unpaired) electrons. The zero-order valence-electron chi connectivity index (χ0n) is 35.2. The van der Waals surface area contributed by atoms with Gasteiger partial charge in [0.1, 0.15) is 0 Å². The van der Waals surface area contributed by atoms with E-state index in [1.54, 1.807) is 39.1 Å². The van der Waals surface area contributed by atoms with E-state index in [9.17, 15) is 0 Å². The predicted molar refractivity (Wildman–Crippen MR) is 205 cm³/mol. The molecule has 7 rings (SSSR count). The Balaban J connectivity index is 0.000000229. The second-order valence-corrected chi connectivity index (χ2v) is 12.6. The fourth-order valence-corrected chi connectivity index (χ4v) is 5.32. The number of benzene rings is 5. The monoisotopic (exact) mass is 834 g/mol. The summed E-state index contributed by atoms with van der Waals surface area (Å²) in [5.41, 5.74) is 7.22. The van der Waals surface area contributed by atoms with Crippen molar-refractivity contribution in [2.24, 2.45) is 5.41 Å². The smallest absolute Gasteiger partial charge is 0.0366 e. The van der Waals surface area contributed by atoms with Crippen molar-refractivity contribution in [3.05, 3.63) is 192 Å². The molecule has 3 heteroatoms. The summed E-state index contributed by atoms with van der Waals surface area (Å²) >= 11 is 0. The van der Waals surface area contributed by atoms with Gasteiger partial charge in [0.15, 0.2) is 0 Å². The van der Waals surface area contributed by atoms with Crippen LogP contribution >= 0.6 is 0 Å². The van der Waals surface area contributed by atoms with E-state index >= 15 is 0 Å². The van der Waals surface area contributed by atoms with E-state index in [-0.39, 0.29) is 31.2 Å². The molecule has 0 aliphatic heterocycles. The molecule has 50 heavy (non-hydrogen) atoms. The molecular weight excluding hydrogens is 785 g/mol. The molecule has 0 fully saturated rings. The second kappa shape index (κ2) is 17.1. The van der Waals surface area contributed by atoms with Crippen LogP contribution in [0.1, 0.15) is 52.6 Å². The van der Waals surface area contributed by atoms with Crippen LogP contribution in [-0.2, 0) is 32.9 Å². The molecule has 2 nitrogen and oxygen atoms in total. The standard InChI is InChI=1S/C30H22N.C17H20N.Ir/c1-4-11-23(12-5-1)19-28-21-30(31-22-29(28)25-15-8-3-9-16-25)27-18-10-17-26(20-27)24-13-6-2-7-14-24;1-13-12-18-16(14-8-6-5-7-9-14)10-15(13)11-17(2,3)4;/h1-17,20-22H,19H2;5-8,10,12H,11H2,1-4H3;/q2*-1;/i19D2;1D3,11D2;. The van der Waals surface area contributed by atoms with Crippen molar-refractivity contribution in [2.45, 2.75) is 40.4 Å². The molecule has 0 spiro atoms. The van der Waals surface area contributed by atoms with Gasteiger partial charge in [0.05, 0.1) is 0 Å². The first-order valence-corrected chi connectivity index (χ1v) is 16.2. The normalized spacial score (nSPS) is 13.7. The van der Waals surface area contributed by atoms with Crippen molar-refractivity contribution in [2.75, 3.05) is 0 Å². The third-order valence-electron chi connectivity index (χ3n) is 7.62. The second-order valence-electron chi connectivity index (χ2n) is 12.6. The molecule has 251 valence electrons. The van der Waals surface area contributed by atoms with E-state index < -0.39 is 25.0 Å². The van der Waals surface area contributed by atoms with Gasteiger partial charge in [-0.05, 0) is 64.2 Å². The van der Waals surface area contributed by atoms with Crippen LogP contribution in [0, 0.1) is 24.4 Å². The summed E-state index contributed by atoms with van der Waals surface area (Å²) in [5.74, 6) is 0. The van der Waals surface area contributed by atoms with Gasteiger partial charge >= 0.3 is 0 Å². The largest absolute Gasteiger partial charge is 0.304 e. The minimum Gasteiger partial charge on any atom is -0.304 e. The molecular formula is C47H42IrN2-2. The predicted octanol–water partition coefficient (Wildman–Crippen LogP) is 11.9. The van der Waals surface area contributed by atoms with Crippen molar-refractivity contribution in [3.63, 3.8) is 0 Å². The Hall–Kier alpha value is -4.95. The molecule has 0 unspecified atom stereocenters. The Labute approximate surface area is 321 Å². The van der Waals surface area contributed by atoms with Crippen LogP contribution in [0.15, 0.2) is 158 Å². The number of hydrogen-bond donors (Lipinski definition) is 0. The zero-order valence-corrected chi connectivity index (χ0v) is 30.6. The molecule has 0 aliphatic carbocycles. The molecule has 0 N–H and O–H groups in total. The fourth-order valence-electron chi connectivity index (χ4n) is 5.32. The Morgan fingerprint density at radius 3 is 1.86 bits per heavy atom. The van der Waals surface area contributed by atoms with Gasteiger partial charge in [0.2, 0.25) is 0 Å². The number of pyridine rings is 2. The summed E-state index contributed by atoms with van der Waals surface area (Å²) in [5, 5.41) is 0. The SMILES string of the molecule is [2H]C([2H])([2H])c1cnc(-c2[c-]cccc2)cc1C([2H])([2H])C(C)(C)C.[2H]C([2H])(c1ccccc1)c1cc(-c2[c-]ccc(-c3ccccc3)c2)ncc1-c1ccccc1.[Ir]. The molecule has 0 aliphatic rings. The summed E-state index contributed by atoms with van der Waals surface area (Å²) < 4.78 is 58.2. The van der Waals surface area contributed by atoms with E-state index in [1.807, 2.05) is 115 Å². The molecule has 0 atom stereocenters.